The van der Waals surface area contributed by atoms with E-state index in [-0.39, 0.29) is 11.9 Å². The lowest BCUT2D eigenvalue weighted by Crippen LogP contribution is -2.26. The van der Waals surface area contributed by atoms with Crippen molar-refractivity contribution in [2.24, 2.45) is 0 Å². The molecule has 0 bridgehead atoms. The predicted octanol–water partition coefficient (Wildman–Crippen LogP) is 5.19. The van der Waals surface area contributed by atoms with Crippen LogP contribution in [0.3, 0.4) is 0 Å². The molecule has 0 aliphatic rings. The fourth-order valence-corrected chi connectivity index (χ4v) is 2.93. The fraction of sp³-hybridized carbons (Fsp3) is 0.217. The summed E-state index contributed by atoms with van der Waals surface area (Å²) in [6.07, 6.45) is 4.10. The van der Waals surface area contributed by atoms with E-state index in [1.165, 1.54) is 5.56 Å². The van der Waals surface area contributed by atoms with Crippen molar-refractivity contribution >= 4 is 5.91 Å². The van der Waals surface area contributed by atoms with E-state index >= 15 is 0 Å². The molecule has 0 aliphatic carbocycles. The highest BCUT2D eigenvalue weighted by Crippen LogP contribution is 2.19. The van der Waals surface area contributed by atoms with Crippen LogP contribution in [0.1, 0.15) is 47.8 Å². The van der Waals surface area contributed by atoms with Gasteiger partial charge < -0.3 is 5.32 Å². The van der Waals surface area contributed by atoms with E-state index in [2.05, 4.69) is 23.3 Å². The van der Waals surface area contributed by atoms with Crippen molar-refractivity contribution < 1.29 is 4.79 Å². The first-order valence-corrected chi connectivity index (χ1v) is 9.08. The van der Waals surface area contributed by atoms with Gasteiger partial charge in [0.05, 0.1) is 11.7 Å². The van der Waals surface area contributed by atoms with Crippen LogP contribution in [0.15, 0.2) is 72.9 Å². The minimum absolute atomic E-state index is 0.0313. The Kier molecular flexibility index (Phi) is 5.80. The topological polar surface area (TPSA) is 42.0 Å². The number of rotatable bonds is 6. The van der Waals surface area contributed by atoms with Crippen LogP contribution in [0.25, 0.3) is 11.3 Å². The third kappa shape index (κ3) is 4.37. The Hall–Kier alpha value is -2.94. The zero-order valence-corrected chi connectivity index (χ0v) is 15.3. The number of nitrogens with zero attached hydrogens (tertiary/aromatic N) is 1. The molecule has 0 spiro atoms. The highest BCUT2D eigenvalue weighted by atomic mass is 16.1. The Balaban J connectivity index is 1.67. The van der Waals surface area contributed by atoms with Gasteiger partial charge in [0.2, 0.25) is 0 Å². The molecule has 1 unspecified atom stereocenters. The standard InChI is InChI=1S/C23H24N2O/c1-3-7-18-10-15-22(24-16-18)20-11-13-21(14-12-20)23(26)25-17(2)19-8-5-4-6-9-19/h4-6,8-17H,3,7H2,1-2H3,(H,25,26). The number of aromatic nitrogens is 1. The first kappa shape index (κ1) is 17.9. The molecule has 3 nitrogen and oxygen atoms in total. The molecule has 1 aromatic heterocycles. The largest absolute Gasteiger partial charge is 0.346 e. The first-order chi connectivity index (χ1) is 12.7. The van der Waals surface area contributed by atoms with Crippen LogP contribution >= 0.6 is 0 Å². The van der Waals surface area contributed by atoms with E-state index < -0.39 is 0 Å². The van der Waals surface area contributed by atoms with Gasteiger partial charge in [0, 0.05) is 17.3 Å². The second kappa shape index (κ2) is 8.43. The van der Waals surface area contributed by atoms with Gasteiger partial charge in [-0.2, -0.15) is 0 Å². The fourth-order valence-electron chi connectivity index (χ4n) is 2.93. The van der Waals surface area contributed by atoms with Gasteiger partial charge in [0.25, 0.3) is 5.91 Å². The number of amides is 1. The Labute approximate surface area is 155 Å². The van der Waals surface area contributed by atoms with Gasteiger partial charge in [-0.05, 0) is 42.7 Å². The van der Waals surface area contributed by atoms with Crippen molar-refractivity contribution in [2.45, 2.75) is 32.7 Å². The van der Waals surface area contributed by atoms with E-state index in [0.29, 0.717) is 5.56 Å². The maximum atomic E-state index is 12.5. The van der Waals surface area contributed by atoms with Crippen LogP contribution < -0.4 is 5.32 Å². The van der Waals surface area contributed by atoms with E-state index in [1.807, 2.05) is 73.8 Å². The Bertz CT molecular complexity index is 840. The van der Waals surface area contributed by atoms with Crippen molar-refractivity contribution in [2.75, 3.05) is 0 Å². The summed E-state index contributed by atoms with van der Waals surface area (Å²) in [5.41, 5.74) is 4.94. The summed E-state index contributed by atoms with van der Waals surface area (Å²) in [5, 5.41) is 3.04. The van der Waals surface area contributed by atoms with Crippen molar-refractivity contribution in [3.63, 3.8) is 0 Å². The van der Waals surface area contributed by atoms with Gasteiger partial charge in [0.15, 0.2) is 0 Å². The van der Waals surface area contributed by atoms with Gasteiger partial charge in [-0.25, -0.2) is 0 Å². The molecule has 1 heterocycles. The third-order valence-corrected chi connectivity index (χ3v) is 4.45. The van der Waals surface area contributed by atoms with Gasteiger partial charge in [-0.1, -0.05) is 61.9 Å². The maximum Gasteiger partial charge on any atom is 0.251 e. The molecule has 1 amide bonds. The van der Waals surface area contributed by atoms with Crippen LogP contribution in [0, 0.1) is 0 Å². The number of benzene rings is 2. The summed E-state index contributed by atoms with van der Waals surface area (Å²) in [5.74, 6) is -0.0702. The van der Waals surface area contributed by atoms with E-state index in [0.717, 1.165) is 29.7 Å². The van der Waals surface area contributed by atoms with Crippen molar-refractivity contribution in [3.05, 3.63) is 89.6 Å². The number of nitrogens with one attached hydrogen (secondary N) is 1. The van der Waals surface area contributed by atoms with Crippen molar-refractivity contribution in [1.82, 2.24) is 10.3 Å². The first-order valence-electron chi connectivity index (χ1n) is 9.08. The monoisotopic (exact) mass is 344 g/mol. The van der Waals surface area contributed by atoms with Crippen LogP contribution in [0.4, 0.5) is 0 Å². The average molecular weight is 344 g/mol. The van der Waals surface area contributed by atoms with Crippen LogP contribution in [0.2, 0.25) is 0 Å². The molecular formula is C23H24N2O. The smallest absolute Gasteiger partial charge is 0.251 e. The second-order valence-electron chi connectivity index (χ2n) is 6.48. The molecule has 0 aliphatic heterocycles. The highest BCUT2D eigenvalue weighted by molar-refractivity contribution is 5.94. The predicted molar refractivity (Wildman–Crippen MR) is 106 cm³/mol. The molecule has 2 aromatic carbocycles. The lowest BCUT2D eigenvalue weighted by molar-refractivity contribution is 0.0940. The summed E-state index contributed by atoms with van der Waals surface area (Å²) in [7, 11) is 0. The normalized spacial score (nSPS) is 11.8. The molecule has 1 atom stereocenters. The van der Waals surface area contributed by atoms with Gasteiger partial charge in [-0.3, -0.25) is 9.78 Å². The second-order valence-corrected chi connectivity index (χ2v) is 6.48. The lowest BCUT2D eigenvalue weighted by atomic mass is 10.1. The van der Waals surface area contributed by atoms with E-state index in [9.17, 15) is 4.79 Å². The summed E-state index contributed by atoms with van der Waals surface area (Å²) in [6, 6.07) is 21.7. The molecule has 26 heavy (non-hydrogen) atoms. The molecule has 3 aromatic rings. The summed E-state index contributed by atoms with van der Waals surface area (Å²) in [6.45, 7) is 4.15. The van der Waals surface area contributed by atoms with E-state index in [1.54, 1.807) is 0 Å². The Morgan fingerprint density at radius 2 is 1.73 bits per heavy atom. The van der Waals surface area contributed by atoms with Crippen LogP contribution in [-0.2, 0) is 6.42 Å². The molecule has 3 heteroatoms. The minimum Gasteiger partial charge on any atom is -0.346 e. The molecule has 0 fully saturated rings. The highest BCUT2D eigenvalue weighted by Gasteiger charge is 2.11. The van der Waals surface area contributed by atoms with Crippen LogP contribution in [-0.4, -0.2) is 10.9 Å². The number of pyridine rings is 1. The minimum atomic E-state index is -0.0702. The number of hydrogen-bond acceptors (Lipinski definition) is 2. The number of carbonyl (C=O) groups excluding carboxylic acids is 1. The zero-order valence-electron chi connectivity index (χ0n) is 15.3. The van der Waals surface area contributed by atoms with E-state index in [4.69, 9.17) is 0 Å². The Morgan fingerprint density at radius 3 is 2.35 bits per heavy atom. The molecular weight excluding hydrogens is 320 g/mol. The maximum absolute atomic E-state index is 12.5. The Morgan fingerprint density at radius 1 is 1.00 bits per heavy atom. The lowest BCUT2D eigenvalue weighted by Gasteiger charge is -2.14. The van der Waals surface area contributed by atoms with Gasteiger partial charge in [0.1, 0.15) is 0 Å². The molecule has 3 rings (SSSR count). The third-order valence-electron chi connectivity index (χ3n) is 4.45. The summed E-state index contributed by atoms with van der Waals surface area (Å²) < 4.78 is 0. The van der Waals surface area contributed by atoms with Gasteiger partial charge in [-0.15, -0.1) is 0 Å². The van der Waals surface area contributed by atoms with Crippen molar-refractivity contribution in [3.8, 4) is 11.3 Å². The molecule has 1 N–H and O–H groups in total. The quantitative estimate of drug-likeness (QED) is 0.668. The number of aryl methyl sites for hydroxylation is 1. The van der Waals surface area contributed by atoms with Crippen molar-refractivity contribution in [1.29, 1.82) is 0 Å². The SMILES string of the molecule is CCCc1ccc(-c2ccc(C(=O)NC(C)c3ccccc3)cc2)nc1. The zero-order chi connectivity index (χ0) is 18.4. The number of hydrogen-bond donors (Lipinski definition) is 1. The summed E-state index contributed by atoms with van der Waals surface area (Å²) in [4.78, 5) is 17.0. The average Bonchev–Trinajstić information content (AvgIpc) is 2.69. The molecule has 0 saturated heterocycles. The molecule has 0 saturated carbocycles. The molecule has 132 valence electrons. The van der Waals surface area contributed by atoms with Gasteiger partial charge >= 0.3 is 0 Å². The number of carbonyl (C=O) groups is 1. The summed E-state index contributed by atoms with van der Waals surface area (Å²) >= 11 is 0. The van der Waals surface area contributed by atoms with Crippen LogP contribution in [0.5, 0.6) is 0 Å². The molecule has 0 radical (unpaired) electrons.